The normalized spacial score (nSPS) is 12.5. The summed E-state index contributed by atoms with van der Waals surface area (Å²) in [7, 11) is 5.51. The van der Waals surface area contributed by atoms with Crippen molar-refractivity contribution in [2.24, 2.45) is 0 Å². The number of benzene rings is 2. The standard InChI is InChI=1S/C21H22ClFN2O3/c1-25(2)18(21-16(22)5-4-6-17(21)23)12-24-11-13-9-20(26)28-19-10-14(27-3)7-8-15(13)19/h4-10,18,24H,11-12H2,1-3H3/p+2/t18-/m1/s1. The average molecular weight is 407 g/mol. The van der Waals surface area contributed by atoms with E-state index in [1.54, 1.807) is 25.3 Å². The van der Waals surface area contributed by atoms with Crippen LogP contribution in [-0.4, -0.2) is 27.7 Å². The van der Waals surface area contributed by atoms with E-state index in [1.807, 2.05) is 26.2 Å². The van der Waals surface area contributed by atoms with Gasteiger partial charge in [0, 0.05) is 23.1 Å². The third-order valence-electron chi connectivity index (χ3n) is 4.85. The van der Waals surface area contributed by atoms with Crippen LogP contribution in [0.25, 0.3) is 11.0 Å². The van der Waals surface area contributed by atoms with E-state index in [2.05, 4.69) is 5.32 Å². The second-order valence-electron chi connectivity index (χ2n) is 6.95. The van der Waals surface area contributed by atoms with Crippen molar-refractivity contribution in [1.29, 1.82) is 0 Å². The highest BCUT2D eigenvalue weighted by atomic mass is 35.5. The van der Waals surface area contributed by atoms with Crippen molar-refractivity contribution in [3.05, 3.63) is 74.9 Å². The topological polar surface area (TPSA) is 60.5 Å². The summed E-state index contributed by atoms with van der Waals surface area (Å²) in [5.41, 5.74) is 1.46. The largest absolute Gasteiger partial charge is 0.497 e. The van der Waals surface area contributed by atoms with E-state index < -0.39 is 5.63 Å². The quantitative estimate of drug-likeness (QED) is 0.585. The van der Waals surface area contributed by atoms with Crippen LogP contribution in [0.5, 0.6) is 5.75 Å². The van der Waals surface area contributed by atoms with E-state index in [-0.39, 0.29) is 11.9 Å². The predicted molar refractivity (Wildman–Crippen MR) is 106 cm³/mol. The predicted octanol–water partition coefficient (Wildman–Crippen LogP) is 1.54. The van der Waals surface area contributed by atoms with Gasteiger partial charge in [-0.25, -0.2) is 9.18 Å². The molecule has 1 atom stereocenters. The Morgan fingerprint density at radius 2 is 2.04 bits per heavy atom. The van der Waals surface area contributed by atoms with Crippen molar-refractivity contribution in [3.63, 3.8) is 0 Å². The van der Waals surface area contributed by atoms with Gasteiger partial charge in [0.1, 0.15) is 30.2 Å². The fourth-order valence-corrected chi connectivity index (χ4v) is 3.69. The Morgan fingerprint density at radius 1 is 1.25 bits per heavy atom. The highest BCUT2D eigenvalue weighted by Crippen LogP contribution is 2.24. The van der Waals surface area contributed by atoms with E-state index >= 15 is 0 Å². The lowest BCUT2D eigenvalue weighted by Gasteiger charge is -2.22. The zero-order valence-electron chi connectivity index (χ0n) is 16.1. The van der Waals surface area contributed by atoms with Gasteiger partial charge >= 0.3 is 5.63 Å². The van der Waals surface area contributed by atoms with Gasteiger partial charge in [-0.3, -0.25) is 0 Å². The molecule has 0 radical (unpaired) electrons. The lowest BCUT2D eigenvalue weighted by Crippen LogP contribution is -3.09. The van der Waals surface area contributed by atoms with Crippen LogP contribution in [0, 0.1) is 5.82 Å². The summed E-state index contributed by atoms with van der Waals surface area (Å²) in [6.45, 7) is 1.17. The van der Waals surface area contributed by atoms with Gasteiger partial charge in [0.15, 0.2) is 6.04 Å². The first-order valence-electron chi connectivity index (χ1n) is 9.07. The van der Waals surface area contributed by atoms with Gasteiger partial charge in [-0.2, -0.15) is 0 Å². The van der Waals surface area contributed by atoms with Crippen LogP contribution < -0.4 is 20.6 Å². The molecule has 0 spiro atoms. The molecule has 0 saturated carbocycles. The summed E-state index contributed by atoms with van der Waals surface area (Å²) >= 11 is 6.26. The summed E-state index contributed by atoms with van der Waals surface area (Å²) in [6.07, 6.45) is 0. The molecule has 3 rings (SSSR count). The Balaban J connectivity index is 1.82. The average Bonchev–Trinajstić information content (AvgIpc) is 2.65. The van der Waals surface area contributed by atoms with E-state index in [9.17, 15) is 9.18 Å². The minimum absolute atomic E-state index is 0.125. The Labute approximate surface area is 167 Å². The molecule has 3 aromatic rings. The van der Waals surface area contributed by atoms with Crippen LogP contribution >= 0.6 is 11.6 Å². The molecule has 0 unspecified atom stereocenters. The van der Waals surface area contributed by atoms with Gasteiger partial charge in [0.05, 0.1) is 31.8 Å². The van der Waals surface area contributed by atoms with Gasteiger partial charge in [0.2, 0.25) is 0 Å². The molecular formula is C21H24ClFN2O3+2. The molecule has 5 nitrogen and oxygen atoms in total. The van der Waals surface area contributed by atoms with E-state index in [4.69, 9.17) is 20.8 Å². The molecule has 1 heterocycles. The first-order chi connectivity index (χ1) is 13.4. The number of rotatable bonds is 7. The summed E-state index contributed by atoms with van der Waals surface area (Å²) in [5.74, 6) is 0.326. The monoisotopic (exact) mass is 406 g/mol. The van der Waals surface area contributed by atoms with Gasteiger partial charge in [-0.1, -0.05) is 17.7 Å². The highest BCUT2D eigenvalue weighted by Gasteiger charge is 2.26. The van der Waals surface area contributed by atoms with Gasteiger partial charge in [-0.05, 0) is 24.3 Å². The van der Waals surface area contributed by atoms with Gasteiger partial charge in [-0.15, -0.1) is 0 Å². The number of hydrogen-bond acceptors (Lipinski definition) is 3. The molecule has 7 heteroatoms. The van der Waals surface area contributed by atoms with Crippen LogP contribution in [0.4, 0.5) is 4.39 Å². The van der Waals surface area contributed by atoms with Crippen molar-refractivity contribution in [1.82, 2.24) is 0 Å². The minimum Gasteiger partial charge on any atom is -0.497 e. The van der Waals surface area contributed by atoms with Crippen molar-refractivity contribution >= 4 is 22.6 Å². The van der Waals surface area contributed by atoms with Crippen LogP contribution in [0.15, 0.2) is 51.7 Å². The van der Waals surface area contributed by atoms with Crippen molar-refractivity contribution in [2.45, 2.75) is 12.6 Å². The fraction of sp³-hybridized carbons (Fsp3) is 0.286. The number of likely N-dealkylation sites (N-methyl/N-ethyl adjacent to an activating group) is 1. The second-order valence-corrected chi connectivity index (χ2v) is 7.35. The SMILES string of the molecule is COc1ccc2c(C[NH2+]C[C@H](c3c(F)cccc3Cl)[NH+](C)C)cc(=O)oc2c1. The Morgan fingerprint density at radius 3 is 2.71 bits per heavy atom. The number of fused-ring (bicyclic) bond motifs is 1. The molecule has 0 aliphatic rings. The van der Waals surface area contributed by atoms with Crippen LogP contribution in [-0.2, 0) is 6.54 Å². The smallest absolute Gasteiger partial charge is 0.336 e. The third-order valence-corrected chi connectivity index (χ3v) is 5.18. The van der Waals surface area contributed by atoms with Crippen LogP contribution in [0.2, 0.25) is 5.02 Å². The number of methoxy groups -OCH3 is 1. The summed E-state index contributed by atoms with van der Waals surface area (Å²) in [6, 6.07) is 11.5. The summed E-state index contributed by atoms with van der Waals surface area (Å²) in [5, 5.41) is 3.34. The van der Waals surface area contributed by atoms with Crippen molar-refractivity contribution in [3.8, 4) is 5.75 Å². The Hall–Kier alpha value is -2.41. The molecule has 0 fully saturated rings. The lowest BCUT2D eigenvalue weighted by atomic mass is 10.0. The van der Waals surface area contributed by atoms with Gasteiger partial charge < -0.3 is 19.4 Å². The molecule has 0 aliphatic carbocycles. The molecule has 148 valence electrons. The second kappa shape index (κ2) is 8.73. The number of hydrogen-bond donors (Lipinski definition) is 2. The molecule has 0 saturated heterocycles. The molecule has 0 aliphatic heterocycles. The van der Waals surface area contributed by atoms with Crippen molar-refractivity contribution in [2.75, 3.05) is 27.7 Å². The first kappa shape index (κ1) is 20.3. The number of ether oxygens (including phenoxy) is 1. The molecular weight excluding hydrogens is 383 g/mol. The highest BCUT2D eigenvalue weighted by molar-refractivity contribution is 6.31. The van der Waals surface area contributed by atoms with Crippen molar-refractivity contribution < 1.29 is 23.8 Å². The number of halogens is 2. The third kappa shape index (κ3) is 4.35. The molecule has 28 heavy (non-hydrogen) atoms. The Kier molecular flexibility index (Phi) is 6.34. The lowest BCUT2D eigenvalue weighted by molar-refractivity contribution is -0.910. The maximum Gasteiger partial charge on any atom is 0.336 e. The van der Waals surface area contributed by atoms with E-state index in [0.29, 0.717) is 35.0 Å². The van der Waals surface area contributed by atoms with E-state index in [1.165, 1.54) is 12.1 Å². The van der Waals surface area contributed by atoms with Crippen LogP contribution in [0.3, 0.4) is 0 Å². The zero-order chi connectivity index (χ0) is 20.3. The fourth-order valence-electron chi connectivity index (χ4n) is 3.40. The number of nitrogens with one attached hydrogen (secondary N) is 1. The van der Waals surface area contributed by atoms with Crippen LogP contribution in [0.1, 0.15) is 17.2 Å². The Bertz CT molecular complexity index is 1020. The maximum atomic E-state index is 14.4. The summed E-state index contributed by atoms with van der Waals surface area (Å²) < 4.78 is 24.8. The maximum absolute atomic E-state index is 14.4. The zero-order valence-corrected chi connectivity index (χ0v) is 16.8. The van der Waals surface area contributed by atoms with E-state index in [0.717, 1.165) is 15.8 Å². The molecule has 0 amide bonds. The summed E-state index contributed by atoms with van der Waals surface area (Å²) in [4.78, 5) is 13.0. The molecule has 1 aromatic heterocycles. The molecule has 2 aromatic carbocycles. The van der Waals surface area contributed by atoms with Gasteiger partial charge in [0.25, 0.3) is 0 Å². The molecule has 0 bridgehead atoms. The minimum atomic E-state index is -0.406. The first-order valence-corrected chi connectivity index (χ1v) is 9.45. The number of quaternary nitrogens is 2. The number of nitrogens with two attached hydrogens (primary N) is 1. The molecule has 3 N–H and O–H groups in total.